The summed E-state index contributed by atoms with van der Waals surface area (Å²) in [6.07, 6.45) is 1.74. The molecule has 3 aromatic rings. The van der Waals surface area contributed by atoms with E-state index in [0.29, 0.717) is 27.8 Å². The third-order valence-electron chi connectivity index (χ3n) is 3.88. The molecule has 0 aliphatic rings. The maximum atomic E-state index is 12.6. The standard InChI is InChI=1S/C20H18ClNO3S/c1-2-3-12-25-20(24)17-14-9-5-7-11-16(14)26-19(17)22-18(23)13-8-4-6-10-15(13)21/h4-11H,2-3,12H2,1H3,(H,22,23). The Hall–Kier alpha value is -2.37. The highest BCUT2D eigenvalue weighted by Gasteiger charge is 2.22. The second-order valence-corrected chi connectivity index (χ2v) is 7.19. The van der Waals surface area contributed by atoms with E-state index in [2.05, 4.69) is 5.32 Å². The van der Waals surface area contributed by atoms with Crippen LogP contribution in [0.4, 0.5) is 5.00 Å². The van der Waals surface area contributed by atoms with Crippen molar-refractivity contribution < 1.29 is 14.3 Å². The number of anilines is 1. The Kier molecular flexibility index (Phi) is 5.91. The number of ether oxygens (including phenoxy) is 1. The number of carbonyl (C=O) groups excluding carboxylic acids is 2. The summed E-state index contributed by atoms with van der Waals surface area (Å²) in [6.45, 7) is 2.39. The average Bonchev–Trinajstić information content (AvgIpc) is 3.00. The lowest BCUT2D eigenvalue weighted by Crippen LogP contribution is -2.15. The number of hydrogen-bond acceptors (Lipinski definition) is 4. The molecule has 0 aliphatic heterocycles. The Morgan fingerprint density at radius 3 is 2.62 bits per heavy atom. The third kappa shape index (κ3) is 3.89. The van der Waals surface area contributed by atoms with Crippen molar-refractivity contribution >= 4 is 49.9 Å². The lowest BCUT2D eigenvalue weighted by Gasteiger charge is -2.08. The Balaban J connectivity index is 1.94. The minimum atomic E-state index is -0.426. The molecule has 134 valence electrons. The number of amides is 1. The van der Waals surface area contributed by atoms with Crippen molar-refractivity contribution in [3.8, 4) is 0 Å². The molecule has 0 unspecified atom stereocenters. The van der Waals surface area contributed by atoms with E-state index >= 15 is 0 Å². The van der Waals surface area contributed by atoms with Gasteiger partial charge in [-0.1, -0.05) is 55.3 Å². The highest BCUT2D eigenvalue weighted by Crippen LogP contribution is 2.36. The van der Waals surface area contributed by atoms with Crippen LogP contribution in [0.2, 0.25) is 5.02 Å². The summed E-state index contributed by atoms with van der Waals surface area (Å²) in [5, 5.41) is 4.42. The van der Waals surface area contributed by atoms with Gasteiger partial charge < -0.3 is 10.1 Å². The number of rotatable bonds is 6. The van der Waals surface area contributed by atoms with Crippen molar-refractivity contribution in [3.05, 3.63) is 64.7 Å². The van der Waals surface area contributed by atoms with Gasteiger partial charge in [-0.3, -0.25) is 4.79 Å². The van der Waals surface area contributed by atoms with E-state index in [1.807, 2.05) is 31.2 Å². The van der Waals surface area contributed by atoms with Crippen molar-refractivity contribution in [2.75, 3.05) is 11.9 Å². The van der Waals surface area contributed by atoms with Gasteiger partial charge in [0.15, 0.2) is 0 Å². The first kappa shape index (κ1) is 18.4. The lowest BCUT2D eigenvalue weighted by molar-refractivity contribution is 0.0503. The lowest BCUT2D eigenvalue weighted by atomic mass is 10.1. The minimum absolute atomic E-state index is 0.357. The fraction of sp³-hybridized carbons (Fsp3) is 0.200. The number of unbranched alkanes of at least 4 members (excludes halogenated alkanes) is 1. The summed E-state index contributed by atoms with van der Waals surface area (Å²) in [6, 6.07) is 14.3. The van der Waals surface area contributed by atoms with Gasteiger partial charge in [0.2, 0.25) is 0 Å². The van der Waals surface area contributed by atoms with Gasteiger partial charge in [-0.25, -0.2) is 4.79 Å². The first-order chi connectivity index (χ1) is 12.6. The fourth-order valence-corrected chi connectivity index (χ4v) is 3.84. The van der Waals surface area contributed by atoms with Gasteiger partial charge in [-0.15, -0.1) is 11.3 Å². The molecule has 1 aromatic heterocycles. The van der Waals surface area contributed by atoms with Gasteiger partial charge >= 0.3 is 5.97 Å². The molecule has 6 heteroatoms. The number of carbonyl (C=O) groups is 2. The van der Waals surface area contributed by atoms with Gasteiger partial charge in [-0.05, 0) is 24.6 Å². The number of fused-ring (bicyclic) bond motifs is 1. The predicted octanol–water partition coefficient (Wildman–Crippen LogP) is 5.76. The zero-order chi connectivity index (χ0) is 18.5. The topological polar surface area (TPSA) is 55.4 Å². The molecule has 26 heavy (non-hydrogen) atoms. The molecule has 0 fully saturated rings. The van der Waals surface area contributed by atoms with Crippen molar-refractivity contribution in [1.82, 2.24) is 0 Å². The van der Waals surface area contributed by atoms with E-state index in [1.165, 1.54) is 11.3 Å². The Labute approximate surface area is 160 Å². The molecule has 0 spiro atoms. The van der Waals surface area contributed by atoms with Crippen LogP contribution in [0, 0.1) is 0 Å². The molecule has 1 N–H and O–H groups in total. The molecule has 1 heterocycles. The highest BCUT2D eigenvalue weighted by atomic mass is 35.5. The second kappa shape index (κ2) is 8.34. The molecule has 2 aromatic carbocycles. The van der Waals surface area contributed by atoms with Crippen LogP contribution in [0.5, 0.6) is 0 Å². The fourth-order valence-electron chi connectivity index (χ4n) is 2.53. The number of nitrogens with one attached hydrogen (secondary N) is 1. The van der Waals surface area contributed by atoms with Crippen molar-refractivity contribution in [2.45, 2.75) is 19.8 Å². The van der Waals surface area contributed by atoms with Crippen molar-refractivity contribution in [1.29, 1.82) is 0 Å². The molecule has 1 amide bonds. The highest BCUT2D eigenvalue weighted by molar-refractivity contribution is 7.23. The molecule has 0 saturated heterocycles. The van der Waals surface area contributed by atoms with E-state index in [0.717, 1.165) is 22.9 Å². The first-order valence-corrected chi connectivity index (χ1v) is 9.55. The Bertz CT molecular complexity index is 951. The molecule has 0 radical (unpaired) electrons. The van der Waals surface area contributed by atoms with E-state index in [1.54, 1.807) is 24.3 Å². The van der Waals surface area contributed by atoms with Gasteiger partial charge in [0, 0.05) is 10.1 Å². The van der Waals surface area contributed by atoms with Crippen LogP contribution in [-0.4, -0.2) is 18.5 Å². The Morgan fingerprint density at radius 2 is 1.85 bits per heavy atom. The average molecular weight is 388 g/mol. The van der Waals surface area contributed by atoms with Crippen LogP contribution in [0.25, 0.3) is 10.1 Å². The van der Waals surface area contributed by atoms with Crippen molar-refractivity contribution in [2.24, 2.45) is 0 Å². The molecule has 0 saturated carbocycles. The molecular formula is C20H18ClNO3S. The molecule has 0 atom stereocenters. The summed E-state index contributed by atoms with van der Waals surface area (Å²) in [7, 11) is 0. The van der Waals surface area contributed by atoms with Crippen LogP contribution in [0.3, 0.4) is 0 Å². The zero-order valence-corrected chi connectivity index (χ0v) is 15.8. The van der Waals surface area contributed by atoms with Gasteiger partial charge in [-0.2, -0.15) is 0 Å². The summed E-state index contributed by atoms with van der Waals surface area (Å²) < 4.78 is 6.28. The number of benzene rings is 2. The molecule has 0 aliphatic carbocycles. The summed E-state index contributed by atoms with van der Waals surface area (Å²) >= 11 is 7.45. The predicted molar refractivity (Wildman–Crippen MR) is 106 cm³/mol. The molecule has 3 rings (SSSR count). The van der Waals surface area contributed by atoms with Crippen LogP contribution >= 0.6 is 22.9 Å². The molecule has 0 bridgehead atoms. The minimum Gasteiger partial charge on any atom is -0.462 e. The van der Waals surface area contributed by atoms with Crippen LogP contribution in [0.1, 0.15) is 40.5 Å². The number of halogens is 1. The number of thiophene rings is 1. The smallest absolute Gasteiger partial charge is 0.341 e. The number of hydrogen-bond donors (Lipinski definition) is 1. The molecular weight excluding hydrogens is 370 g/mol. The second-order valence-electron chi connectivity index (χ2n) is 5.73. The van der Waals surface area contributed by atoms with Gasteiger partial charge in [0.25, 0.3) is 5.91 Å². The van der Waals surface area contributed by atoms with Crippen LogP contribution < -0.4 is 5.32 Å². The van der Waals surface area contributed by atoms with E-state index in [-0.39, 0.29) is 5.91 Å². The van der Waals surface area contributed by atoms with E-state index < -0.39 is 5.97 Å². The summed E-state index contributed by atoms with van der Waals surface area (Å²) in [4.78, 5) is 25.2. The number of esters is 1. The summed E-state index contributed by atoms with van der Waals surface area (Å²) in [5.41, 5.74) is 0.749. The largest absolute Gasteiger partial charge is 0.462 e. The quantitative estimate of drug-likeness (QED) is 0.432. The molecule has 4 nitrogen and oxygen atoms in total. The SMILES string of the molecule is CCCCOC(=O)c1c(NC(=O)c2ccccc2Cl)sc2ccccc12. The normalized spacial score (nSPS) is 10.7. The van der Waals surface area contributed by atoms with Gasteiger partial charge in [0.05, 0.1) is 17.2 Å². The van der Waals surface area contributed by atoms with E-state index in [9.17, 15) is 9.59 Å². The van der Waals surface area contributed by atoms with Gasteiger partial charge in [0.1, 0.15) is 10.6 Å². The maximum Gasteiger partial charge on any atom is 0.341 e. The first-order valence-electron chi connectivity index (χ1n) is 8.36. The zero-order valence-electron chi connectivity index (χ0n) is 14.3. The maximum absolute atomic E-state index is 12.6. The third-order valence-corrected chi connectivity index (χ3v) is 5.29. The van der Waals surface area contributed by atoms with Crippen LogP contribution in [-0.2, 0) is 4.74 Å². The summed E-state index contributed by atoms with van der Waals surface area (Å²) in [5.74, 6) is -0.782. The Morgan fingerprint density at radius 1 is 1.12 bits per heavy atom. The van der Waals surface area contributed by atoms with Crippen molar-refractivity contribution in [3.63, 3.8) is 0 Å². The monoisotopic (exact) mass is 387 g/mol. The van der Waals surface area contributed by atoms with Crippen LogP contribution in [0.15, 0.2) is 48.5 Å². The van der Waals surface area contributed by atoms with E-state index in [4.69, 9.17) is 16.3 Å².